The van der Waals surface area contributed by atoms with Crippen molar-refractivity contribution in [1.82, 2.24) is 4.90 Å². The van der Waals surface area contributed by atoms with E-state index in [0.29, 0.717) is 30.1 Å². The van der Waals surface area contributed by atoms with E-state index in [4.69, 9.17) is 27.7 Å². The molecule has 2 heterocycles. The average molecular weight is 431 g/mol. The molecule has 1 aromatic carbocycles. The van der Waals surface area contributed by atoms with Crippen molar-refractivity contribution in [2.45, 2.75) is 32.4 Å². The van der Waals surface area contributed by atoms with E-state index in [0.717, 1.165) is 16.2 Å². The predicted molar refractivity (Wildman–Crippen MR) is 122 cm³/mol. The molecule has 2 aliphatic rings. The van der Waals surface area contributed by atoms with Gasteiger partial charge in [-0.15, -0.1) is 0 Å². The van der Waals surface area contributed by atoms with Crippen LogP contribution in [-0.4, -0.2) is 29.0 Å². The molecule has 3 rings (SSSR count). The SMILES string of the molecule is C=C(S/C=C\C)C1=NC(c2ccc(Cl)c(F)c2)C(C(=N)/C=C\C)=C2CC(N)CN12. The maximum atomic E-state index is 14.2. The minimum Gasteiger partial charge on any atom is -0.327 e. The first-order valence-electron chi connectivity index (χ1n) is 9.35. The summed E-state index contributed by atoms with van der Waals surface area (Å²) < 4.78 is 14.2. The molecule has 29 heavy (non-hydrogen) atoms. The zero-order valence-corrected chi connectivity index (χ0v) is 18.0. The van der Waals surface area contributed by atoms with Crippen LogP contribution in [0.3, 0.4) is 0 Å². The minimum atomic E-state index is -0.528. The van der Waals surface area contributed by atoms with E-state index in [1.807, 2.05) is 31.4 Å². The van der Waals surface area contributed by atoms with Crippen molar-refractivity contribution < 1.29 is 4.39 Å². The van der Waals surface area contributed by atoms with E-state index in [9.17, 15) is 4.39 Å². The number of fused-ring (bicyclic) bond motifs is 1. The maximum absolute atomic E-state index is 14.2. The second kappa shape index (κ2) is 9.11. The monoisotopic (exact) mass is 430 g/mol. The number of halogens is 2. The molecular formula is C22H24ClFN4S. The molecule has 0 amide bonds. The molecule has 0 radical (unpaired) electrons. The summed E-state index contributed by atoms with van der Waals surface area (Å²) >= 11 is 7.37. The van der Waals surface area contributed by atoms with E-state index in [2.05, 4.69) is 11.5 Å². The van der Waals surface area contributed by atoms with Gasteiger partial charge in [0, 0.05) is 35.2 Å². The first-order chi connectivity index (χ1) is 13.9. The Kier molecular flexibility index (Phi) is 6.77. The Hall–Kier alpha value is -2.15. The molecule has 0 saturated carbocycles. The fourth-order valence-corrected chi connectivity index (χ4v) is 4.25. The van der Waals surface area contributed by atoms with Crippen LogP contribution in [-0.2, 0) is 0 Å². The average Bonchev–Trinajstić information content (AvgIpc) is 3.07. The van der Waals surface area contributed by atoms with Crippen molar-refractivity contribution in [2.24, 2.45) is 10.7 Å². The minimum absolute atomic E-state index is 0.0593. The number of benzene rings is 1. The summed E-state index contributed by atoms with van der Waals surface area (Å²) in [5.41, 5.74) is 8.95. The summed E-state index contributed by atoms with van der Waals surface area (Å²) in [6, 6.07) is 4.08. The van der Waals surface area contributed by atoms with Crippen LogP contribution in [0.25, 0.3) is 0 Å². The zero-order valence-electron chi connectivity index (χ0n) is 16.5. The number of rotatable bonds is 6. The Morgan fingerprint density at radius 3 is 2.83 bits per heavy atom. The van der Waals surface area contributed by atoms with Gasteiger partial charge in [-0.2, -0.15) is 0 Å². The summed E-state index contributed by atoms with van der Waals surface area (Å²) in [5, 5.41) is 10.6. The first kappa shape index (κ1) is 21.6. The molecule has 0 aliphatic carbocycles. The number of nitrogens with one attached hydrogen (secondary N) is 1. The van der Waals surface area contributed by atoms with Gasteiger partial charge in [0.2, 0.25) is 0 Å². The van der Waals surface area contributed by atoms with E-state index in [-0.39, 0.29) is 11.1 Å². The Labute approximate surface area is 180 Å². The lowest BCUT2D eigenvalue weighted by Crippen LogP contribution is -2.36. The van der Waals surface area contributed by atoms with Crippen LogP contribution >= 0.6 is 23.4 Å². The quantitative estimate of drug-likeness (QED) is 0.577. The summed E-state index contributed by atoms with van der Waals surface area (Å²) in [6.45, 7) is 8.59. The molecule has 152 valence electrons. The van der Waals surface area contributed by atoms with Gasteiger partial charge in [-0.25, -0.2) is 4.39 Å². The number of nitrogens with zero attached hydrogens (tertiary/aromatic N) is 2. The van der Waals surface area contributed by atoms with Crippen LogP contribution in [0.5, 0.6) is 0 Å². The summed E-state index contributed by atoms with van der Waals surface area (Å²) in [5.74, 6) is 0.212. The standard InChI is InChI=1S/C22H24ClFN4S/c1-4-6-18(26)20-19-11-15(25)12-28(19)22(13(3)29-9-5-2)27-21(20)14-7-8-16(23)17(24)10-14/h4-10,15,21,26H,3,11-12,25H2,1-2H3/b6-4-,9-5-,26-18?. The largest absolute Gasteiger partial charge is 0.327 e. The van der Waals surface area contributed by atoms with Crippen LogP contribution in [0, 0.1) is 11.2 Å². The van der Waals surface area contributed by atoms with Crippen molar-refractivity contribution in [3.63, 3.8) is 0 Å². The number of allylic oxidation sites excluding steroid dienone is 3. The number of hydrogen-bond donors (Lipinski definition) is 2. The molecule has 1 fully saturated rings. The van der Waals surface area contributed by atoms with Gasteiger partial charge in [0.25, 0.3) is 0 Å². The molecule has 1 aromatic rings. The van der Waals surface area contributed by atoms with Crippen molar-refractivity contribution >= 4 is 34.9 Å². The van der Waals surface area contributed by atoms with Crippen LogP contribution < -0.4 is 5.73 Å². The van der Waals surface area contributed by atoms with Crippen LogP contribution in [0.15, 0.2) is 69.6 Å². The number of aliphatic imine (C=N–C) groups is 1. The van der Waals surface area contributed by atoms with E-state index in [1.165, 1.54) is 23.9 Å². The van der Waals surface area contributed by atoms with Gasteiger partial charge in [0.1, 0.15) is 17.7 Å². The highest BCUT2D eigenvalue weighted by Gasteiger charge is 2.38. The molecule has 3 N–H and O–H groups in total. The zero-order chi connectivity index (χ0) is 21.1. The van der Waals surface area contributed by atoms with Crippen LogP contribution in [0.1, 0.15) is 31.9 Å². The predicted octanol–water partition coefficient (Wildman–Crippen LogP) is 5.60. The molecule has 1 saturated heterocycles. The molecule has 0 aromatic heterocycles. The lowest BCUT2D eigenvalue weighted by molar-refractivity contribution is 0.538. The normalized spacial score (nSPS) is 21.8. The van der Waals surface area contributed by atoms with Gasteiger partial charge in [-0.1, -0.05) is 48.2 Å². The highest BCUT2D eigenvalue weighted by atomic mass is 35.5. The third-order valence-corrected chi connectivity index (χ3v) is 5.95. The van der Waals surface area contributed by atoms with Crippen molar-refractivity contribution in [1.29, 1.82) is 5.41 Å². The van der Waals surface area contributed by atoms with E-state index in [1.54, 1.807) is 12.1 Å². The third-order valence-electron chi connectivity index (χ3n) is 4.77. The summed E-state index contributed by atoms with van der Waals surface area (Å²) in [6.07, 6.45) is 6.11. The maximum Gasteiger partial charge on any atom is 0.142 e. The highest BCUT2D eigenvalue weighted by Crippen LogP contribution is 2.41. The van der Waals surface area contributed by atoms with Crippen molar-refractivity contribution in [3.05, 3.63) is 81.0 Å². The van der Waals surface area contributed by atoms with Crippen molar-refractivity contribution in [2.75, 3.05) is 6.54 Å². The van der Waals surface area contributed by atoms with Gasteiger partial charge >= 0.3 is 0 Å². The summed E-state index contributed by atoms with van der Waals surface area (Å²) in [4.78, 5) is 7.77. The Bertz CT molecular complexity index is 964. The van der Waals surface area contributed by atoms with Crippen LogP contribution in [0.4, 0.5) is 4.39 Å². The topological polar surface area (TPSA) is 65.5 Å². The number of amidine groups is 1. The summed E-state index contributed by atoms with van der Waals surface area (Å²) in [7, 11) is 0. The molecule has 2 unspecified atom stereocenters. The lowest BCUT2D eigenvalue weighted by atomic mass is 9.91. The van der Waals surface area contributed by atoms with Gasteiger partial charge in [-0.3, -0.25) is 4.99 Å². The number of nitrogens with two attached hydrogens (primary N) is 1. The first-order valence-corrected chi connectivity index (χ1v) is 10.6. The van der Waals surface area contributed by atoms with E-state index < -0.39 is 11.9 Å². The Balaban J connectivity index is 2.18. The molecular weight excluding hydrogens is 407 g/mol. The molecule has 2 atom stereocenters. The second-order valence-electron chi connectivity index (χ2n) is 6.89. The van der Waals surface area contributed by atoms with E-state index >= 15 is 0 Å². The van der Waals surface area contributed by atoms with Crippen LogP contribution in [0.2, 0.25) is 5.02 Å². The smallest absolute Gasteiger partial charge is 0.142 e. The second-order valence-corrected chi connectivity index (χ2v) is 8.30. The number of thioether (sulfide) groups is 1. The molecule has 4 nitrogen and oxygen atoms in total. The van der Waals surface area contributed by atoms with Gasteiger partial charge in [-0.05, 0) is 43.0 Å². The van der Waals surface area contributed by atoms with Gasteiger partial charge in [0.05, 0.1) is 10.7 Å². The molecule has 0 spiro atoms. The Morgan fingerprint density at radius 1 is 1.41 bits per heavy atom. The molecule has 2 aliphatic heterocycles. The third kappa shape index (κ3) is 4.39. The van der Waals surface area contributed by atoms with Gasteiger partial charge in [0.15, 0.2) is 0 Å². The van der Waals surface area contributed by atoms with Gasteiger partial charge < -0.3 is 16.0 Å². The van der Waals surface area contributed by atoms with Crippen molar-refractivity contribution in [3.8, 4) is 0 Å². The molecule has 0 bridgehead atoms. The number of hydrogen-bond acceptors (Lipinski definition) is 5. The highest BCUT2D eigenvalue weighted by molar-refractivity contribution is 8.06. The fourth-order valence-electron chi connectivity index (χ4n) is 3.56. The Morgan fingerprint density at radius 2 is 2.17 bits per heavy atom. The fraction of sp³-hybridized carbons (Fsp3) is 0.273. The lowest BCUT2D eigenvalue weighted by Gasteiger charge is -2.33. The molecule has 7 heteroatoms.